The van der Waals surface area contributed by atoms with Gasteiger partial charge in [0.05, 0.1) is 6.04 Å². The average Bonchev–Trinajstić information content (AvgIpc) is 2.17. The summed E-state index contributed by atoms with van der Waals surface area (Å²) in [5.41, 5.74) is 11.3. The monoisotopic (exact) mass is 214 g/mol. The van der Waals surface area contributed by atoms with Crippen LogP contribution in [0.1, 0.15) is 13.8 Å². The summed E-state index contributed by atoms with van der Waals surface area (Å²) < 4.78 is 0. The summed E-state index contributed by atoms with van der Waals surface area (Å²) in [5, 5.41) is 2.88. The van der Waals surface area contributed by atoms with E-state index in [1.54, 1.807) is 0 Å². The molecule has 1 amide bonds. The van der Waals surface area contributed by atoms with Crippen molar-refractivity contribution in [2.75, 3.05) is 26.2 Å². The lowest BCUT2D eigenvalue weighted by Crippen LogP contribution is -2.60. The Balaban J connectivity index is 2.62. The van der Waals surface area contributed by atoms with Crippen LogP contribution in [0.4, 0.5) is 0 Å². The van der Waals surface area contributed by atoms with Crippen molar-refractivity contribution in [3.8, 4) is 0 Å². The fraction of sp³-hybridized carbons (Fsp3) is 0.900. The zero-order valence-corrected chi connectivity index (χ0v) is 9.57. The largest absolute Gasteiger partial charge is 0.353 e. The van der Waals surface area contributed by atoms with E-state index < -0.39 is 0 Å². The van der Waals surface area contributed by atoms with Crippen molar-refractivity contribution in [1.29, 1.82) is 0 Å². The molecule has 1 saturated heterocycles. The van der Waals surface area contributed by atoms with E-state index in [-0.39, 0.29) is 18.0 Å². The van der Waals surface area contributed by atoms with Gasteiger partial charge in [-0.3, -0.25) is 9.69 Å². The minimum absolute atomic E-state index is 0.0443. The van der Waals surface area contributed by atoms with Crippen LogP contribution in [0, 0.1) is 5.92 Å². The molecule has 0 spiro atoms. The highest BCUT2D eigenvalue weighted by Crippen LogP contribution is 2.13. The van der Waals surface area contributed by atoms with Crippen LogP contribution in [0.5, 0.6) is 0 Å². The van der Waals surface area contributed by atoms with Gasteiger partial charge in [-0.15, -0.1) is 0 Å². The molecular formula is C10H22N4O. The van der Waals surface area contributed by atoms with Gasteiger partial charge < -0.3 is 16.8 Å². The van der Waals surface area contributed by atoms with Crippen LogP contribution < -0.4 is 16.8 Å². The Morgan fingerprint density at radius 2 is 2.27 bits per heavy atom. The normalized spacial score (nSPS) is 25.4. The smallest absolute Gasteiger partial charge is 0.237 e. The molecule has 0 saturated carbocycles. The molecule has 0 bridgehead atoms. The molecule has 5 nitrogen and oxygen atoms in total. The van der Waals surface area contributed by atoms with E-state index in [0.29, 0.717) is 25.6 Å². The zero-order valence-electron chi connectivity index (χ0n) is 9.57. The van der Waals surface area contributed by atoms with E-state index in [1.165, 1.54) is 0 Å². The first kappa shape index (κ1) is 12.4. The third-order valence-corrected chi connectivity index (χ3v) is 2.76. The van der Waals surface area contributed by atoms with Gasteiger partial charge in [0.2, 0.25) is 5.91 Å². The highest BCUT2D eigenvalue weighted by molar-refractivity contribution is 5.82. The average molecular weight is 214 g/mol. The lowest BCUT2D eigenvalue weighted by Gasteiger charge is -2.38. The van der Waals surface area contributed by atoms with Crippen LogP contribution in [0.2, 0.25) is 0 Å². The Labute approximate surface area is 91.2 Å². The van der Waals surface area contributed by atoms with E-state index in [4.69, 9.17) is 11.5 Å². The summed E-state index contributed by atoms with van der Waals surface area (Å²) in [6.45, 7) is 6.84. The fourth-order valence-corrected chi connectivity index (χ4v) is 2.04. The second-order valence-electron chi connectivity index (χ2n) is 4.47. The Morgan fingerprint density at radius 1 is 1.60 bits per heavy atom. The molecule has 2 atom stereocenters. The summed E-state index contributed by atoms with van der Waals surface area (Å²) >= 11 is 0. The van der Waals surface area contributed by atoms with Gasteiger partial charge >= 0.3 is 0 Å². The van der Waals surface area contributed by atoms with Crippen LogP contribution in [-0.4, -0.2) is 49.1 Å². The van der Waals surface area contributed by atoms with E-state index in [1.807, 2.05) is 0 Å². The van der Waals surface area contributed by atoms with Gasteiger partial charge in [-0.2, -0.15) is 0 Å². The van der Waals surface area contributed by atoms with Gasteiger partial charge in [-0.1, -0.05) is 13.8 Å². The minimum atomic E-state index is -0.0589. The van der Waals surface area contributed by atoms with E-state index in [2.05, 4.69) is 24.1 Å². The molecule has 0 aromatic rings. The van der Waals surface area contributed by atoms with Crippen molar-refractivity contribution in [1.82, 2.24) is 10.2 Å². The Hall–Kier alpha value is -0.650. The Morgan fingerprint density at radius 3 is 2.80 bits per heavy atom. The van der Waals surface area contributed by atoms with Gasteiger partial charge in [-0.05, 0) is 5.92 Å². The molecule has 5 N–H and O–H groups in total. The highest BCUT2D eigenvalue weighted by atomic mass is 16.2. The first-order valence-corrected chi connectivity index (χ1v) is 5.53. The number of nitrogens with zero attached hydrogens (tertiary/aromatic N) is 1. The molecule has 15 heavy (non-hydrogen) atoms. The van der Waals surface area contributed by atoms with E-state index in [9.17, 15) is 4.79 Å². The van der Waals surface area contributed by atoms with Crippen molar-refractivity contribution in [2.45, 2.75) is 25.9 Å². The second kappa shape index (κ2) is 5.44. The number of hydrogen-bond acceptors (Lipinski definition) is 4. The standard InChI is InChI=1S/C10H22N4O/c1-7(2)9-10(15)13-3-4-14(9)6-8(12)5-11/h7-9H,3-6,11-12H2,1-2H3,(H,13,15). The molecule has 1 fully saturated rings. The molecule has 88 valence electrons. The summed E-state index contributed by atoms with van der Waals surface area (Å²) in [6.07, 6.45) is 0. The predicted molar refractivity (Wildman–Crippen MR) is 60.2 cm³/mol. The number of nitrogens with two attached hydrogens (primary N) is 2. The minimum Gasteiger partial charge on any atom is -0.353 e. The molecule has 1 aliphatic heterocycles. The lowest BCUT2D eigenvalue weighted by molar-refractivity contribution is -0.130. The molecule has 5 heteroatoms. The zero-order chi connectivity index (χ0) is 11.4. The molecule has 1 rings (SSSR count). The van der Waals surface area contributed by atoms with Crippen LogP contribution in [-0.2, 0) is 4.79 Å². The van der Waals surface area contributed by atoms with E-state index >= 15 is 0 Å². The van der Waals surface area contributed by atoms with E-state index in [0.717, 1.165) is 6.54 Å². The Bertz CT molecular complexity index is 219. The highest BCUT2D eigenvalue weighted by Gasteiger charge is 2.32. The number of nitrogens with one attached hydrogen (secondary N) is 1. The van der Waals surface area contributed by atoms with Crippen LogP contribution in [0.3, 0.4) is 0 Å². The summed E-state index contributed by atoms with van der Waals surface area (Å²) in [7, 11) is 0. The Kier molecular flexibility index (Phi) is 4.50. The number of carbonyl (C=O) groups is 1. The molecule has 1 aliphatic rings. The maximum atomic E-state index is 11.7. The third kappa shape index (κ3) is 3.15. The number of rotatable bonds is 4. The van der Waals surface area contributed by atoms with Crippen molar-refractivity contribution in [2.24, 2.45) is 17.4 Å². The van der Waals surface area contributed by atoms with Crippen molar-refractivity contribution in [3.63, 3.8) is 0 Å². The number of carbonyl (C=O) groups excluding carboxylic acids is 1. The molecule has 0 radical (unpaired) electrons. The quantitative estimate of drug-likeness (QED) is 0.545. The molecule has 0 aromatic heterocycles. The predicted octanol–water partition coefficient (Wildman–Crippen LogP) is -1.27. The molecule has 1 heterocycles. The van der Waals surface area contributed by atoms with Gasteiger partial charge in [0.15, 0.2) is 0 Å². The lowest BCUT2D eigenvalue weighted by atomic mass is 9.99. The van der Waals surface area contributed by atoms with Crippen molar-refractivity contribution < 1.29 is 4.79 Å². The maximum Gasteiger partial charge on any atom is 0.237 e. The fourth-order valence-electron chi connectivity index (χ4n) is 2.04. The second-order valence-corrected chi connectivity index (χ2v) is 4.47. The third-order valence-electron chi connectivity index (χ3n) is 2.76. The van der Waals surface area contributed by atoms with Gasteiger partial charge in [0.1, 0.15) is 0 Å². The molecule has 2 unspecified atom stereocenters. The van der Waals surface area contributed by atoms with Crippen LogP contribution >= 0.6 is 0 Å². The molecular weight excluding hydrogens is 192 g/mol. The number of piperazine rings is 1. The molecule has 0 aromatic carbocycles. The van der Waals surface area contributed by atoms with Gasteiger partial charge in [0.25, 0.3) is 0 Å². The summed E-state index contributed by atoms with van der Waals surface area (Å²) in [5.74, 6) is 0.413. The van der Waals surface area contributed by atoms with Crippen molar-refractivity contribution >= 4 is 5.91 Å². The molecule has 0 aliphatic carbocycles. The first-order valence-electron chi connectivity index (χ1n) is 5.53. The number of amides is 1. The van der Waals surface area contributed by atoms with Crippen LogP contribution in [0.15, 0.2) is 0 Å². The SMILES string of the molecule is CC(C)C1C(=O)NCCN1CC(N)CN. The van der Waals surface area contributed by atoms with Gasteiger partial charge in [-0.25, -0.2) is 0 Å². The summed E-state index contributed by atoms with van der Waals surface area (Å²) in [6, 6.07) is -0.103. The first-order chi connectivity index (χ1) is 7.06. The van der Waals surface area contributed by atoms with Crippen LogP contribution in [0.25, 0.3) is 0 Å². The number of hydrogen-bond donors (Lipinski definition) is 3. The maximum absolute atomic E-state index is 11.7. The van der Waals surface area contributed by atoms with Gasteiger partial charge in [0, 0.05) is 32.2 Å². The van der Waals surface area contributed by atoms with Crippen molar-refractivity contribution in [3.05, 3.63) is 0 Å². The topological polar surface area (TPSA) is 84.4 Å². The summed E-state index contributed by atoms with van der Waals surface area (Å²) in [4.78, 5) is 13.8.